The van der Waals surface area contributed by atoms with Crippen molar-refractivity contribution in [1.82, 2.24) is 57.6 Å². The van der Waals surface area contributed by atoms with E-state index < -0.39 is 254 Å². The number of ether oxygens (including phenoxy) is 6. The lowest BCUT2D eigenvalue weighted by Gasteiger charge is -2.48. The molecule has 8 heterocycles. The topological polar surface area (TPSA) is 593 Å². The van der Waals surface area contributed by atoms with Crippen LogP contribution in [0, 0.1) is 5.92 Å². The number of hydrogen-bond donors (Lipinski definition) is 21. The van der Waals surface area contributed by atoms with Crippen molar-refractivity contribution in [3.63, 3.8) is 0 Å². The molecule has 654 valence electrons. The Labute approximate surface area is 714 Å². The number of rotatable bonds is 20. The largest absolute Gasteiger partial charge is 0.508 e. The standard InChI is InChI=1S/C81H88Cl3N13O26/c1-33(2)22-46(86-5)72(109)94-63-65(104)37-10-15-50(44(83)24-37)119-52-26-39-27-53(69(52)123-79-70(68(107)67(106)54(32-98)121-79)122-58-31-81(4,71(108)34(3)118-58)87-19-21-97-20-18-56(90-80(97)116)89-57(103)17-8-35-6-12-40(82)13-7-35)120-51-16-11-38(25-45(51)84)66(105)64-77(114)93-62(78(115)96-117)43-28-41(99)29-49(101)59(43)42-23-36(9-14-48(42)100)60(74(111)95-64)92-75(112)61(39)91-73(110)47(30-55(85)102)88-76(63)113/h6-18,20,23-29,33-34,46-47,54,58,60-68,70-71,79,86-87,98-101,104-108,117H,19,21-22,30-32H2,1-5H3,(H2,85,102)(H,88,113)(H,91,110)(H,92,112)(H,93,114)(H,94,109)(H,95,111)(H,96,115)(H,89,90,103,116)/b17-8+/t34-,46+,47-,54+,58-,60+,61+,62+,63+,64-,65+,66+,67+,68-,70+,71+,79?,81+/m0/s1. The summed E-state index contributed by atoms with van der Waals surface area (Å²) in [5.41, 5.74) is 2.74. The van der Waals surface area contributed by atoms with Gasteiger partial charge in [-0.15, -0.1) is 0 Å². The zero-order chi connectivity index (χ0) is 88.9. The molecule has 2 saturated heterocycles. The predicted octanol–water partition coefficient (Wildman–Crippen LogP) is 1.72. The molecule has 1 unspecified atom stereocenters. The Morgan fingerprint density at radius 1 is 0.724 bits per heavy atom. The van der Waals surface area contributed by atoms with Gasteiger partial charge in [-0.1, -0.05) is 79.0 Å². The van der Waals surface area contributed by atoms with Crippen LogP contribution in [0.5, 0.6) is 46.0 Å². The third kappa shape index (κ3) is 20.5. The van der Waals surface area contributed by atoms with E-state index in [4.69, 9.17) is 69.0 Å². The first-order valence-corrected chi connectivity index (χ1v) is 39.5. The number of aliphatic hydroxyl groups is 6. The van der Waals surface area contributed by atoms with Crippen LogP contribution in [0.1, 0.15) is 111 Å². The number of aromatic hydroxyl groups is 3. The SMILES string of the molecule is CN[C@H](CC(C)C)C(=O)N[C@H]1C(=O)N[C@@H](CC(N)=O)C(=O)N[C@H]2C(=O)N[C@H]3C(=O)N[C@H](C(=O)N[C@@H](C(=O)NO)c4cc(O)cc(O)c4-c4cc3ccc4O)[C@H](O)c3ccc(c(Cl)c3)Oc3cc2cc(c3OC2O[C@H](CO)[C@@H](O)[C@H](O)[C@H]2O[C@H]2C[C@@](C)(NCCn3ccc(NC(=O)/C=C/c4ccc(Cl)cc4)nc3=O)[C@H](O)[C@H](C)O2)Oc2ccc(cc2Cl)[C@H]1O. The van der Waals surface area contributed by atoms with Gasteiger partial charge in [0, 0.05) is 59.5 Å². The third-order valence-electron chi connectivity index (χ3n) is 21.2. The van der Waals surface area contributed by atoms with Gasteiger partial charge in [0.05, 0.1) is 41.3 Å². The number of likely N-dealkylation sites (N-methyl/N-ethyl adjacent to an activating group) is 1. The molecule has 6 aromatic carbocycles. The number of phenols is 3. The number of nitrogens with two attached hydrogens (primary N) is 1. The van der Waals surface area contributed by atoms with Crippen molar-refractivity contribution >= 4 is 99.9 Å². The van der Waals surface area contributed by atoms with Crippen LogP contribution in [0.3, 0.4) is 0 Å². The minimum absolute atomic E-state index is 0.0367. The smallest absolute Gasteiger partial charge is 0.349 e. The minimum atomic E-state index is -2.40. The number of primary amides is 1. The lowest BCUT2D eigenvalue weighted by Crippen LogP contribution is -2.65. The molecule has 0 saturated carbocycles. The van der Waals surface area contributed by atoms with Crippen LogP contribution in [-0.4, -0.2) is 213 Å². The average Bonchev–Trinajstić information content (AvgIpc) is 0.764. The molecule has 18 atom stereocenters. The van der Waals surface area contributed by atoms with E-state index in [1.807, 2.05) is 13.8 Å². The highest BCUT2D eigenvalue weighted by atomic mass is 35.5. The lowest BCUT2D eigenvalue weighted by atomic mass is 9.85. The second-order valence-electron chi connectivity index (χ2n) is 30.4. The summed E-state index contributed by atoms with van der Waals surface area (Å²) in [6.45, 7) is 5.58. The van der Waals surface area contributed by atoms with E-state index in [0.29, 0.717) is 10.6 Å². The first-order chi connectivity index (χ1) is 58.4. The molecular weight excluding hydrogens is 1680 g/mol. The number of hydrogen-bond acceptors (Lipinski definition) is 29. The maximum atomic E-state index is 16.3. The number of carbonyl (C=O) groups is 9. The number of halogens is 3. The van der Waals surface area contributed by atoms with Crippen molar-refractivity contribution < 1.29 is 123 Å². The average molecular weight is 1770 g/mol. The summed E-state index contributed by atoms with van der Waals surface area (Å²) < 4.78 is 40.5. The van der Waals surface area contributed by atoms with Gasteiger partial charge in [0.1, 0.15) is 101 Å². The van der Waals surface area contributed by atoms with Gasteiger partial charge in [-0.3, -0.25) is 52.9 Å². The Morgan fingerprint density at radius 3 is 1.99 bits per heavy atom. The van der Waals surface area contributed by atoms with E-state index in [9.17, 15) is 79.9 Å². The van der Waals surface area contributed by atoms with Crippen molar-refractivity contribution in [3.05, 3.63) is 180 Å². The maximum Gasteiger partial charge on any atom is 0.349 e. The monoisotopic (exact) mass is 1760 g/mol. The number of fused-ring (bicyclic) bond motifs is 15. The lowest BCUT2D eigenvalue weighted by molar-refractivity contribution is -0.334. The summed E-state index contributed by atoms with van der Waals surface area (Å²) >= 11 is 20.3. The molecule has 22 N–H and O–H groups in total. The molecule has 7 aliphatic heterocycles. The number of phenolic OH excluding ortho intramolecular Hbond substituents is 3. The van der Waals surface area contributed by atoms with E-state index in [0.717, 1.165) is 66.7 Å². The molecule has 0 spiro atoms. The molecule has 0 aliphatic carbocycles. The highest BCUT2D eigenvalue weighted by Gasteiger charge is 2.52. The highest BCUT2D eigenvalue weighted by molar-refractivity contribution is 6.32. The molecule has 0 radical (unpaired) electrons. The number of nitrogens with zero attached hydrogens (tertiary/aromatic N) is 2. The number of aromatic nitrogens is 2. The molecule has 14 rings (SSSR count). The van der Waals surface area contributed by atoms with Crippen LogP contribution in [0.2, 0.25) is 15.1 Å². The number of carbonyl (C=O) groups excluding carboxylic acids is 9. The van der Waals surface area contributed by atoms with Gasteiger partial charge in [-0.2, -0.15) is 4.98 Å². The Bertz CT molecular complexity index is 5320. The molecule has 42 heteroatoms. The second kappa shape index (κ2) is 38.4. The Balaban J connectivity index is 0.995. The molecule has 9 amide bonds. The van der Waals surface area contributed by atoms with Crippen LogP contribution in [0.4, 0.5) is 5.82 Å². The van der Waals surface area contributed by atoms with E-state index in [1.165, 1.54) is 60.6 Å². The van der Waals surface area contributed by atoms with Gasteiger partial charge in [0.25, 0.3) is 5.91 Å². The fourth-order valence-corrected chi connectivity index (χ4v) is 15.3. The molecule has 11 bridgehead atoms. The van der Waals surface area contributed by atoms with E-state index in [-0.39, 0.29) is 60.1 Å². The van der Waals surface area contributed by atoms with Crippen molar-refractivity contribution in [3.8, 4) is 57.1 Å². The first kappa shape index (κ1) is 90.6. The Morgan fingerprint density at radius 2 is 1.37 bits per heavy atom. The number of aliphatic hydroxyl groups excluding tert-OH is 6. The van der Waals surface area contributed by atoms with Crippen LogP contribution in [0.25, 0.3) is 17.2 Å². The summed E-state index contributed by atoms with van der Waals surface area (Å²) in [4.78, 5) is 149. The summed E-state index contributed by atoms with van der Waals surface area (Å²) in [7, 11) is 1.46. The molecule has 39 nitrogen and oxygen atoms in total. The molecule has 7 aliphatic rings. The molecular formula is C81H88Cl3N13O26. The summed E-state index contributed by atoms with van der Waals surface area (Å²) in [6.07, 6.45) is -15.4. The van der Waals surface area contributed by atoms with Gasteiger partial charge < -0.3 is 128 Å². The fourth-order valence-electron chi connectivity index (χ4n) is 14.8. The second-order valence-corrected chi connectivity index (χ2v) is 31.6. The van der Waals surface area contributed by atoms with Crippen LogP contribution < -0.4 is 79.0 Å². The van der Waals surface area contributed by atoms with Crippen molar-refractivity contribution in [2.24, 2.45) is 11.7 Å². The maximum absolute atomic E-state index is 16.3. The fraction of sp³-hybridized carbons (Fsp3) is 0.370. The quantitative estimate of drug-likeness (QED) is 0.0293. The van der Waals surface area contributed by atoms with E-state index >= 15 is 19.2 Å². The zero-order valence-electron chi connectivity index (χ0n) is 65.9. The number of hydroxylamine groups is 1. The summed E-state index contributed by atoms with van der Waals surface area (Å²) in [5, 5.41) is 139. The van der Waals surface area contributed by atoms with Crippen molar-refractivity contribution in [2.75, 3.05) is 25.5 Å². The van der Waals surface area contributed by atoms with Crippen LogP contribution in [0.15, 0.2) is 126 Å². The van der Waals surface area contributed by atoms with Crippen molar-refractivity contribution in [1.29, 1.82) is 0 Å². The molecule has 7 aromatic rings. The Hall–Kier alpha value is -11.6. The van der Waals surface area contributed by atoms with E-state index in [1.54, 1.807) is 31.2 Å². The first-order valence-electron chi connectivity index (χ1n) is 38.4. The molecule has 1 aromatic heterocycles. The van der Waals surface area contributed by atoms with Crippen molar-refractivity contribution in [2.45, 2.75) is 163 Å². The molecule has 123 heavy (non-hydrogen) atoms. The summed E-state index contributed by atoms with van der Waals surface area (Å²) in [5.74, 6) is -16.7. The van der Waals surface area contributed by atoms with E-state index in [2.05, 4.69) is 52.8 Å². The third-order valence-corrected chi connectivity index (χ3v) is 22.0. The number of amides is 9. The van der Waals surface area contributed by atoms with Crippen LogP contribution in [-0.2, 0) is 63.9 Å². The normalized spacial score (nSPS) is 26.2. The predicted molar refractivity (Wildman–Crippen MR) is 433 cm³/mol. The van der Waals surface area contributed by atoms with Gasteiger partial charge >= 0.3 is 5.69 Å². The number of anilines is 1. The van der Waals surface area contributed by atoms with Gasteiger partial charge in [-0.25, -0.2) is 10.3 Å². The zero-order valence-corrected chi connectivity index (χ0v) is 68.1. The number of nitrogens with one attached hydrogen (secondary N) is 10. The number of benzene rings is 6. The van der Waals surface area contributed by atoms with Gasteiger partial charge in [-0.05, 0) is 145 Å². The minimum Gasteiger partial charge on any atom is -0.508 e. The van der Waals surface area contributed by atoms with Crippen LogP contribution >= 0.6 is 34.8 Å². The van der Waals surface area contributed by atoms with Gasteiger partial charge in [0.15, 0.2) is 23.9 Å². The summed E-state index contributed by atoms with van der Waals surface area (Å²) in [6, 6.07) is 7.13. The Kier molecular flexibility index (Phi) is 28.3. The van der Waals surface area contributed by atoms with Gasteiger partial charge in [0.2, 0.25) is 59.3 Å². The highest BCUT2D eigenvalue weighted by Crippen LogP contribution is 2.50. The molecule has 2 fully saturated rings.